The third-order valence-electron chi connectivity index (χ3n) is 2.27. The SMILES string of the molecule is CCC(CC)CNc1ccsc1. The molecule has 68 valence electrons. The van der Waals surface area contributed by atoms with Crippen molar-refractivity contribution < 1.29 is 0 Å². The summed E-state index contributed by atoms with van der Waals surface area (Å²) in [4.78, 5) is 0. The number of anilines is 1. The second-order valence-corrected chi connectivity index (χ2v) is 3.86. The zero-order valence-corrected chi connectivity index (χ0v) is 8.66. The van der Waals surface area contributed by atoms with E-state index in [1.165, 1.54) is 18.5 Å². The number of nitrogens with one attached hydrogen (secondary N) is 1. The van der Waals surface area contributed by atoms with Crippen LogP contribution in [0.1, 0.15) is 26.7 Å². The van der Waals surface area contributed by atoms with Gasteiger partial charge in [-0.15, -0.1) is 0 Å². The van der Waals surface area contributed by atoms with Gasteiger partial charge in [0.05, 0.1) is 0 Å². The Bertz CT molecular complexity index is 190. The third-order valence-corrected chi connectivity index (χ3v) is 2.95. The van der Waals surface area contributed by atoms with Gasteiger partial charge >= 0.3 is 0 Å². The summed E-state index contributed by atoms with van der Waals surface area (Å²) in [5.41, 5.74) is 1.27. The van der Waals surface area contributed by atoms with Crippen LogP contribution in [0, 0.1) is 5.92 Å². The molecule has 0 saturated carbocycles. The first-order valence-electron chi connectivity index (χ1n) is 4.62. The summed E-state index contributed by atoms with van der Waals surface area (Å²) in [5, 5.41) is 7.70. The quantitative estimate of drug-likeness (QED) is 0.735. The van der Waals surface area contributed by atoms with E-state index in [1.807, 2.05) is 0 Å². The van der Waals surface area contributed by atoms with Crippen LogP contribution in [0.3, 0.4) is 0 Å². The molecule has 0 fully saturated rings. The molecule has 1 rings (SSSR count). The van der Waals surface area contributed by atoms with Crippen LogP contribution in [0.15, 0.2) is 16.8 Å². The van der Waals surface area contributed by atoms with E-state index in [2.05, 4.69) is 36.0 Å². The lowest BCUT2D eigenvalue weighted by Crippen LogP contribution is -2.11. The Balaban J connectivity index is 2.25. The summed E-state index contributed by atoms with van der Waals surface area (Å²) in [6.45, 7) is 5.62. The van der Waals surface area contributed by atoms with Gasteiger partial charge in [-0.25, -0.2) is 0 Å². The number of hydrogen-bond acceptors (Lipinski definition) is 2. The third kappa shape index (κ3) is 2.86. The van der Waals surface area contributed by atoms with Gasteiger partial charge in [0.1, 0.15) is 0 Å². The molecule has 1 heterocycles. The fourth-order valence-electron chi connectivity index (χ4n) is 1.20. The number of rotatable bonds is 5. The minimum Gasteiger partial charge on any atom is -0.384 e. The van der Waals surface area contributed by atoms with E-state index < -0.39 is 0 Å². The summed E-state index contributed by atoms with van der Waals surface area (Å²) in [5.74, 6) is 0.824. The second kappa shape index (κ2) is 5.20. The topological polar surface area (TPSA) is 12.0 Å². The molecule has 12 heavy (non-hydrogen) atoms. The van der Waals surface area contributed by atoms with E-state index in [0.717, 1.165) is 12.5 Å². The van der Waals surface area contributed by atoms with E-state index in [9.17, 15) is 0 Å². The van der Waals surface area contributed by atoms with E-state index in [1.54, 1.807) is 11.3 Å². The zero-order valence-electron chi connectivity index (χ0n) is 7.84. The largest absolute Gasteiger partial charge is 0.384 e. The van der Waals surface area contributed by atoms with Crippen molar-refractivity contribution in [3.05, 3.63) is 16.8 Å². The van der Waals surface area contributed by atoms with Crippen molar-refractivity contribution in [2.24, 2.45) is 5.92 Å². The molecular formula is C10H17NS. The van der Waals surface area contributed by atoms with Crippen molar-refractivity contribution in [2.75, 3.05) is 11.9 Å². The van der Waals surface area contributed by atoms with Gasteiger partial charge in [-0.1, -0.05) is 26.7 Å². The first-order valence-corrected chi connectivity index (χ1v) is 5.57. The van der Waals surface area contributed by atoms with Crippen molar-refractivity contribution in [3.8, 4) is 0 Å². The normalized spacial score (nSPS) is 10.6. The van der Waals surface area contributed by atoms with Crippen molar-refractivity contribution >= 4 is 17.0 Å². The molecule has 0 amide bonds. The molecule has 0 aliphatic rings. The molecule has 0 aliphatic heterocycles. The van der Waals surface area contributed by atoms with E-state index in [0.29, 0.717) is 0 Å². The van der Waals surface area contributed by atoms with Crippen LogP contribution >= 0.6 is 11.3 Å². The Labute approximate surface area is 78.8 Å². The van der Waals surface area contributed by atoms with Crippen molar-refractivity contribution in [3.63, 3.8) is 0 Å². The van der Waals surface area contributed by atoms with E-state index >= 15 is 0 Å². The van der Waals surface area contributed by atoms with Crippen LogP contribution in [0.2, 0.25) is 0 Å². The van der Waals surface area contributed by atoms with Gasteiger partial charge in [-0.2, -0.15) is 11.3 Å². The minimum absolute atomic E-state index is 0.824. The molecule has 0 atom stereocenters. The van der Waals surface area contributed by atoms with Crippen LogP contribution in [-0.4, -0.2) is 6.54 Å². The number of hydrogen-bond donors (Lipinski definition) is 1. The monoisotopic (exact) mass is 183 g/mol. The van der Waals surface area contributed by atoms with Gasteiger partial charge in [-0.3, -0.25) is 0 Å². The summed E-state index contributed by atoms with van der Waals surface area (Å²) in [7, 11) is 0. The predicted molar refractivity (Wildman–Crippen MR) is 56.9 cm³/mol. The maximum absolute atomic E-state index is 3.44. The highest BCUT2D eigenvalue weighted by Crippen LogP contribution is 2.14. The zero-order chi connectivity index (χ0) is 8.81. The van der Waals surface area contributed by atoms with E-state index in [4.69, 9.17) is 0 Å². The fourth-order valence-corrected chi connectivity index (χ4v) is 1.82. The van der Waals surface area contributed by atoms with Crippen LogP contribution in [0.4, 0.5) is 5.69 Å². The highest BCUT2D eigenvalue weighted by atomic mass is 32.1. The number of thiophene rings is 1. The molecule has 0 spiro atoms. The Kier molecular flexibility index (Phi) is 4.15. The molecule has 0 radical (unpaired) electrons. The van der Waals surface area contributed by atoms with Crippen LogP contribution in [-0.2, 0) is 0 Å². The van der Waals surface area contributed by atoms with Gasteiger partial charge in [0.15, 0.2) is 0 Å². The summed E-state index contributed by atoms with van der Waals surface area (Å²) >= 11 is 1.74. The average molecular weight is 183 g/mol. The molecule has 1 aromatic rings. The predicted octanol–water partition coefficient (Wildman–Crippen LogP) is 3.60. The Morgan fingerprint density at radius 3 is 2.67 bits per heavy atom. The maximum atomic E-state index is 3.44. The first-order chi connectivity index (χ1) is 5.86. The minimum atomic E-state index is 0.824. The lowest BCUT2D eigenvalue weighted by atomic mass is 10.0. The molecule has 2 heteroatoms. The molecule has 0 aliphatic carbocycles. The van der Waals surface area contributed by atoms with Crippen LogP contribution in [0.5, 0.6) is 0 Å². The fraction of sp³-hybridized carbons (Fsp3) is 0.600. The van der Waals surface area contributed by atoms with Gasteiger partial charge in [0.25, 0.3) is 0 Å². The van der Waals surface area contributed by atoms with Gasteiger partial charge in [0, 0.05) is 17.6 Å². The first kappa shape index (κ1) is 9.59. The van der Waals surface area contributed by atoms with Crippen molar-refractivity contribution in [2.45, 2.75) is 26.7 Å². The Morgan fingerprint density at radius 1 is 1.42 bits per heavy atom. The van der Waals surface area contributed by atoms with Crippen molar-refractivity contribution in [1.82, 2.24) is 0 Å². The molecule has 0 bridgehead atoms. The second-order valence-electron chi connectivity index (χ2n) is 3.08. The molecule has 1 aromatic heterocycles. The average Bonchev–Trinajstić information content (AvgIpc) is 2.59. The summed E-state index contributed by atoms with van der Waals surface area (Å²) in [6, 6.07) is 2.13. The van der Waals surface area contributed by atoms with Gasteiger partial charge < -0.3 is 5.32 Å². The van der Waals surface area contributed by atoms with E-state index in [-0.39, 0.29) is 0 Å². The lowest BCUT2D eigenvalue weighted by Gasteiger charge is -2.12. The molecular weight excluding hydrogens is 166 g/mol. The summed E-state index contributed by atoms with van der Waals surface area (Å²) in [6.07, 6.45) is 2.54. The molecule has 0 unspecified atom stereocenters. The molecule has 1 nitrogen and oxygen atoms in total. The van der Waals surface area contributed by atoms with Gasteiger partial charge in [-0.05, 0) is 17.4 Å². The Hall–Kier alpha value is -0.500. The van der Waals surface area contributed by atoms with Gasteiger partial charge in [0.2, 0.25) is 0 Å². The lowest BCUT2D eigenvalue weighted by molar-refractivity contribution is 0.519. The molecule has 0 aromatic carbocycles. The van der Waals surface area contributed by atoms with Crippen LogP contribution in [0.25, 0.3) is 0 Å². The van der Waals surface area contributed by atoms with Crippen molar-refractivity contribution in [1.29, 1.82) is 0 Å². The smallest absolute Gasteiger partial charge is 0.0448 e. The standard InChI is InChI=1S/C10H17NS/c1-3-9(4-2)7-11-10-5-6-12-8-10/h5-6,8-9,11H,3-4,7H2,1-2H3. The summed E-state index contributed by atoms with van der Waals surface area (Å²) < 4.78 is 0. The molecule has 1 N–H and O–H groups in total. The highest BCUT2D eigenvalue weighted by Gasteiger charge is 2.02. The molecule has 0 saturated heterocycles. The maximum Gasteiger partial charge on any atom is 0.0448 e. The Morgan fingerprint density at radius 2 is 2.17 bits per heavy atom. The highest BCUT2D eigenvalue weighted by molar-refractivity contribution is 7.08. The van der Waals surface area contributed by atoms with Crippen LogP contribution < -0.4 is 5.32 Å².